The van der Waals surface area contributed by atoms with Gasteiger partial charge in [0, 0.05) is 12.1 Å². The Balaban J connectivity index is 1.75. The fourth-order valence-electron chi connectivity index (χ4n) is 3.77. The van der Waals surface area contributed by atoms with Crippen molar-refractivity contribution in [3.8, 4) is 28.7 Å². The summed E-state index contributed by atoms with van der Waals surface area (Å²) in [6.07, 6.45) is -10.0. The Bertz CT molecular complexity index is 1040. The van der Waals surface area contributed by atoms with E-state index in [1.807, 2.05) is 0 Å². The lowest BCUT2D eigenvalue weighted by molar-refractivity contribution is -0.304. The quantitative estimate of drug-likeness (QED) is 0.313. The van der Waals surface area contributed by atoms with Crippen molar-refractivity contribution in [2.45, 2.75) is 49.8 Å². The van der Waals surface area contributed by atoms with Gasteiger partial charge in [0.1, 0.15) is 41.1 Å². The second kappa shape index (κ2) is 8.11. The van der Waals surface area contributed by atoms with Crippen molar-refractivity contribution in [2.75, 3.05) is 0 Å². The van der Waals surface area contributed by atoms with Crippen molar-refractivity contribution in [1.82, 2.24) is 0 Å². The number of carbonyl (C=O) groups excluding carboxylic acids is 1. The summed E-state index contributed by atoms with van der Waals surface area (Å²) in [4.78, 5) is 13.3. The number of fused-ring (bicyclic) bond motifs is 1. The maximum Gasteiger partial charge on any atom is 0.203 e. The number of aromatic hydroxyl groups is 4. The highest BCUT2D eigenvalue weighted by Crippen LogP contribution is 2.44. The van der Waals surface area contributed by atoms with E-state index in [4.69, 9.17) is 14.2 Å². The van der Waals surface area contributed by atoms with Crippen LogP contribution in [0, 0.1) is 0 Å². The summed E-state index contributed by atoms with van der Waals surface area (Å²) in [5, 5.41) is 69.7. The molecule has 2 aromatic rings. The molecular weight excluding hydrogens is 428 g/mol. The van der Waals surface area contributed by atoms with Gasteiger partial charge in [-0.25, -0.2) is 0 Å². The molecule has 3 unspecified atom stereocenters. The molecule has 0 aromatic heterocycles. The van der Waals surface area contributed by atoms with Crippen LogP contribution >= 0.6 is 0 Å². The molecule has 0 bridgehead atoms. The zero-order chi connectivity index (χ0) is 23.3. The van der Waals surface area contributed by atoms with Crippen molar-refractivity contribution in [2.24, 2.45) is 0 Å². The Morgan fingerprint density at radius 3 is 2.28 bits per heavy atom. The Morgan fingerprint density at radius 2 is 1.59 bits per heavy atom. The summed E-state index contributed by atoms with van der Waals surface area (Å²) in [7, 11) is 0. The standard InChI is InChI=1S/C21H22O11/c1-7-15(26)17(28)18(29)21(30-7)32-20-16(27)14-12(25)5-9(22)6-13(14)31-19(20)8-2-3-10(23)11(24)4-8/h2-7,15,17-26,28-29H,1H3/t7?,15-,17?,18?,19+,20-,21-/m0/s1. The summed E-state index contributed by atoms with van der Waals surface area (Å²) in [5.74, 6) is -2.79. The third-order valence-electron chi connectivity index (χ3n) is 5.52. The summed E-state index contributed by atoms with van der Waals surface area (Å²) in [5.41, 5.74) is -0.1000. The Labute approximate surface area is 181 Å². The van der Waals surface area contributed by atoms with Gasteiger partial charge in [0.25, 0.3) is 0 Å². The number of ketones is 1. The molecule has 0 aliphatic carbocycles. The van der Waals surface area contributed by atoms with Crippen molar-refractivity contribution in [1.29, 1.82) is 0 Å². The lowest BCUT2D eigenvalue weighted by Crippen LogP contribution is -2.59. The molecule has 0 radical (unpaired) electrons. The van der Waals surface area contributed by atoms with Crippen LogP contribution in [0.25, 0.3) is 0 Å². The normalized spacial score (nSPS) is 32.2. The number of hydrogen-bond donors (Lipinski definition) is 7. The fourth-order valence-corrected chi connectivity index (χ4v) is 3.77. The van der Waals surface area contributed by atoms with Crippen LogP contribution in [-0.2, 0) is 9.47 Å². The Hall–Kier alpha value is -3.09. The smallest absolute Gasteiger partial charge is 0.203 e. The number of aliphatic hydroxyl groups is 3. The van der Waals surface area contributed by atoms with Gasteiger partial charge in [-0.3, -0.25) is 4.79 Å². The van der Waals surface area contributed by atoms with Crippen LogP contribution < -0.4 is 4.74 Å². The minimum absolute atomic E-state index is 0.154. The highest BCUT2D eigenvalue weighted by Gasteiger charge is 2.48. The summed E-state index contributed by atoms with van der Waals surface area (Å²) in [6, 6.07) is 5.72. The van der Waals surface area contributed by atoms with E-state index in [1.54, 1.807) is 0 Å². The van der Waals surface area contributed by atoms with Crippen LogP contribution in [0.5, 0.6) is 28.7 Å². The molecule has 1 saturated heterocycles. The van der Waals surface area contributed by atoms with Gasteiger partial charge < -0.3 is 50.0 Å². The Morgan fingerprint density at radius 1 is 0.875 bits per heavy atom. The average Bonchev–Trinajstić information content (AvgIpc) is 2.73. The molecule has 0 amide bonds. The second-order valence-electron chi connectivity index (χ2n) is 7.73. The SMILES string of the molecule is CC1O[C@@H](O[C@H]2C(=O)c3c(O)cc(O)cc3O[C@@H]2c2ccc(O)c(O)c2)C(O)C(O)[C@H]1O. The largest absolute Gasteiger partial charge is 0.508 e. The van der Waals surface area contributed by atoms with Crippen LogP contribution in [0.4, 0.5) is 0 Å². The first-order chi connectivity index (χ1) is 15.1. The summed E-state index contributed by atoms with van der Waals surface area (Å²) in [6.45, 7) is 1.44. The predicted octanol–water partition coefficient (Wildman–Crippen LogP) is 0.0381. The van der Waals surface area contributed by atoms with Gasteiger partial charge >= 0.3 is 0 Å². The second-order valence-corrected chi connectivity index (χ2v) is 7.73. The van der Waals surface area contributed by atoms with Crippen molar-refractivity contribution >= 4 is 5.78 Å². The highest BCUT2D eigenvalue weighted by atomic mass is 16.7. The topological polar surface area (TPSA) is 186 Å². The fraction of sp³-hybridized carbons (Fsp3) is 0.381. The zero-order valence-electron chi connectivity index (χ0n) is 16.7. The zero-order valence-corrected chi connectivity index (χ0v) is 16.7. The molecule has 1 fully saturated rings. The van der Waals surface area contributed by atoms with Crippen LogP contribution in [0.1, 0.15) is 28.9 Å². The number of hydrogen-bond acceptors (Lipinski definition) is 11. The number of aliphatic hydroxyl groups excluding tert-OH is 3. The number of rotatable bonds is 3. The van der Waals surface area contributed by atoms with Gasteiger partial charge in [0.15, 0.2) is 30.0 Å². The summed E-state index contributed by atoms with van der Waals surface area (Å²) >= 11 is 0. The van der Waals surface area contributed by atoms with E-state index in [9.17, 15) is 40.5 Å². The van der Waals surface area contributed by atoms with Crippen LogP contribution in [0.3, 0.4) is 0 Å². The van der Waals surface area contributed by atoms with E-state index in [0.717, 1.165) is 18.2 Å². The summed E-state index contributed by atoms with van der Waals surface area (Å²) < 4.78 is 16.9. The number of phenols is 4. The lowest BCUT2D eigenvalue weighted by atomic mass is 9.92. The maximum absolute atomic E-state index is 13.3. The number of carbonyl (C=O) groups is 1. The Kier molecular flexibility index (Phi) is 5.61. The van der Waals surface area contributed by atoms with Gasteiger partial charge in [-0.15, -0.1) is 0 Å². The van der Waals surface area contributed by atoms with E-state index >= 15 is 0 Å². The first-order valence-corrected chi connectivity index (χ1v) is 9.72. The molecule has 2 aliphatic rings. The molecule has 11 heteroatoms. The first kappa shape index (κ1) is 22.1. The highest BCUT2D eigenvalue weighted by molar-refractivity contribution is 6.05. The number of phenolic OH excluding ortho intramolecular Hbond substituents is 4. The first-order valence-electron chi connectivity index (χ1n) is 9.72. The van der Waals surface area contributed by atoms with Crippen LogP contribution in [0.15, 0.2) is 30.3 Å². The van der Waals surface area contributed by atoms with E-state index in [-0.39, 0.29) is 22.6 Å². The number of benzene rings is 2. The maximum atomic E-state index is 13.3. The minimum atomic E-state index is -1.71. The lowest BCUT2D eigenvalue weighted by Gasteiger charge is -2.42. The van der Waals surface area contributed by atoms with Crippen molar-refractivity contribution < 1.29 is 54.8 Å². The average molecular weight is 450 g/mol. The molecular formula is C21H22O11. The molecule has 0 saturated carbocycles. The molecule has 7 N–H and O–H groups in total. The van der Waals surface area contributed by atoms with Crippen molar-refractivity contribution in [3.63, 3.8) is 0 Å². The van der Waals surface area contributed by atoms with E-state index in [1.165, 1.54) is 19.1 Å². The predicted molar refractivity (Wildman–Crippen MR) is 104 cm³/mol. The van der Waals surface area contributed by atoms with Crippen LogP contribution in [-0.4, -0.2) is 78.3 Å². The van der Waals surface area contributed by atoms with Gasteiger partial charge in [0.2, 0.25) is 5.78 Å². The van der Waals surface area contributed by atoms with Gasteiger partial charge in [-0.05, 0) is 24.6 Å². The monoisotopic (exact) mass is 450 g/mol. The van der Waals surface area contributed by atoms with Gasteiger partial charge in [0.05, 0.1) is 6.10 Å². The van der Waals surface area contributed by atoms with E-state index in [2.05, 4.69) is 0 Å². The molecule has 32 heavy (non-hydrogen) atoms. The van der Waals surface area contributed by atoms with E-state index < -0.39 is 65.9 Å². The molecule has 7 atom stereocenters. The van der Waals surface area contributed by atoms with E-state index in [0.29, 0.717) is 0 Å². The molecule has 11 nitrogen and oxygen atoms in total. The molecule has 4 rings (SSSR count). The van der Waals surface area contributed by atoms with Gasteiger partial charge in [-0.1, -0.05) is 6.07 Å². The van der Waals surface area contributed by atoms with Crippen molar-refractivity contribution in [3.05, 3.63) is 41.5 Å². The number of ether oxygens (including phenoxy) is 3. The molecule has 172 valence electrons. The minimum Gasteiger partial charge on any atom is -0.508 e. The van der Waals surface area contributed by atoms with Crippen LogP contribution in [0.2, 0.25) is 0 Å². The molecule has 2 heterocycles. The third-order valence-corrected chi connectivity index (χ3v) is 5.52. The number of Topliss-reactive ketones (excluding diaryl/α,β-unsaturated/α-hetero) is 1. The molecule has 2 aliphatic heterocycles. The molecule has 2 aromatic carbocycles. The molecule has 0 spiro atoms. The van der Waals surface area contributed by atoms with Gasteiger partial charge in [-0.2, -0.15) is 0 Å². The third kappa shape index (κ3) is 3.70.